The first kappa shape index (κ1) is 40.2. The highest BCUT2D eigenvalue weighted by Gasteiger charge is 2.27. The van der Waals surface area contributed by atoms with E-state index in [9.17, 15) is 0 Å². The monoisotopic (exact) mass is 838 g/mol. The van der Waals surface area contributed by atoms with E-state index in [1.807, 2.05) is 0 Å². The summed E-state index contributed by atoms with van der Waals surface area (Å²) in [5.41, 5.74) is 23.6. The van der Waals surface area contributed by atoms with Gasteiger partial charge in [-0.05, 0) is 129 Å². The topological polar surface area (TPSA) is 0 Å². The van der Waals surface area contributed by atoms with Crippen molar-refractivity contribution in [1.82, 2.24) is 0 Å². The maximum Gasteiger partial charge on any atom is -0.00141 e. The van der Waals surface area contributed by atoms with Crippen LogP contribution in [0.5, 0.6) is 0 Å². The second kappa shape index (κ2) is 18.3. The zero-order valence-corrected chi connectivity index (χ0v) is 36.6. The Hall–Kier alpha value is -8.58. The molecule has 11 aromatic carbocycles. The van der Waals surface area contributed by atoms with Gasteiger partial charge in [0.1, 0.15) is 0 Å². The van der Waals surface area contributed by atoms with E-state index in [2.05, 4.69) is 279 Å². The van der Waals surface area contributed by atoms with E-state index in [1.165, 1.54) is 100 Å². The maximum atomic E-state index is 2.46. The van der Waals surface area contributed by atoms with Crippen LogP contribution in [0, 0.1) is 0 Å². The van der Waals surface area contributed by atoms with Crippen LogP contribution in [0.4, 0.5) is 0 Å². The SMILES string of the molecule is c1ccc(-c2cc(-c3cccc(-c4c(-c5ccccc5)c(-c5ccccc5)cc(-c5ccccc5)c4-c4ccccc4)c3)c(-c3ccccc3)c(-c3ccccc3)c2-c2ccccc2)cc1. The lowest BCUT2D eigenvalue weighted by molar-refractivity contribution is 1.51. The van der Waals surface area contributed by atoms with Crippen LogP contribution >= 0.6 is 0 Å². The summed E-state index contributed by atoms with van der Waals surface area (Å²) in [6, 6.07) is 102. The van der Waals surface area contributed by atoms with Gasteiger partial charge in [-0.1, -0.05) is 261 Å². The smallest absolute Gasteiger partial charge is 0.00141 e. The van der Waals surface area contributed by atoms with Gasteiger partial charge in [-0.15, -0.1) is 0 Å². The Morgan fingerprint density at radius 1 is 0.121 bits per heavy atom. The van der Waals surface area contributed by atoms with Crippen molar-refractivity contribution in [3.8, 4) is 111 Å². The summed E-state index contributed by atoms with van der Waals surface area (Å²) in [4.78, 5) is 0. The molecule has 0 heterocycles. The van der Waals surface area contributed by atoms with Gasteiger partial charge in [-0.3, -0.25) is 0 Å². The molecule has 0 saturated heterocycles. The van der Waals surface area contributed by atoms with E-state index >= 15 is 0 Å². The average Bonchev–Trinajstić information content (AvgIpc) is 3.41. The van der Waals surface area contributed by atoms with Crippen molar-refractivity contribution in [3.05, 3.63) is 279 Å². The van der Waals surface area contributed by atoms with Crippen LogP contribution in [0.3, 0.4) is 0 Å². The van der Waals surface area contributed by atoms with Crippen molar-refractivity contribution in [2.45, 2.75) is 0 Å². The molecular formula is C66H46. The Morgan fingerprint density at radius 3 is 0.606 bits per heavy atom. The van der Waals surface area contributed by atoms with Gasteiger partial charge >= 0.3 is 0 Å². The van der Waals surface area contributed by atoms with E-state index in [0.29, 0.717) is 0 Å². The molecule has 0 nitrogen and oxygen atoms in total. The van der Waals surface area contributed by atoms with Crippen molar-refractivity contribution in [3.63, 3.8) is 0 Å². The highest BCUT2D eigenvalue weighted by atomic mass is 14.3. The van der Waals surface area contributed by atoms with Gasteiger partial charge in [0.25, 0.3) is 0 Å². The van der Waals surface area contributed by atoms with Crippen LogP contribution in [-0.2, 0) is 0 Å². The van der Waals surface area contributed by atoms with E-state index < -0.39 is 0 Å². The predicted octanol–water partition coefficient (Wildman–Crippen LogP) is 18.4. The van der Waals surface area contributed by atoms with Crippen molar-refractivity contribution >= 4 is 0 Å². The van der Waals surface area contributed by atoms with Crippen LogP contribution in [-0.4, -0.2) is 0 Å². The van der Waals surface area contributed by atoms with Crippen LogP contribution in [0.25, 0.3) is 111 Å². The van der Waals surface area contributed by atoms with E-state index in [4.69, 9.17) is 0 Å². The van der Waals surface area contributed by atoms with Crippen molar-refractivity contribution in [2.75, 3.05) is 0 Å². The van der Waals surface area contributed by atoms with Crippen LogP contribution in [0.15, 0.2) is 279 Å². The number of hydrogen-bond acceptors (Lipinski definition) is 0. The molecule has 0 saturated carbocycles. The molecule has 0 atom stereocenters. The third-order valence-electron chi connectivity index (χ3n) is 12.7. The first-order valence-corrected chi connectivity index (χ1v) is 22.8. The van der Waals surface area contributed by atoms with Gasteiger partial charge in [-0.25, -0.2) is 0 Å². The Labute approximate surface area is 388 Å². The second-order valence-electron chi connectivity index (χ2n) is 16.7. The number of rotatable bonds is 10. The standard InChI is InChI=1S/C66H46/c1-9-26-47(27-10-1)57-45-58(48-28-11-2-12-29-48)63(52-36-19-6-20-37-52)66(62(57)51-34-17-5-18-35-51)56-43-25-42-55(44-56)60-46-59(49-30-13-3-14-31-49)61(50-32-15-4-16-33-50)65(54-40-23-8-24-41-54)64(60)53-38-21-7-22-39-53/h1-46H. The molecule has 0 radical (unpaired) electrons. The van der Waals surface area contributed by atoms with Gasteiger partial charge in [0.05, 0.1) is 0 Å². The zero-order chi connectivity index (χ0) is 44.1. The molecule has 11 rings (SSSR count). The molecule has 0 aliphatic carbocycles. The number of benzene rings is 11. The second-order valence-corrected chi connectivity index (χ2v) is 16.7. The summed E-state index contributed by atoms with van der Waals surface area (Å²) in [6.45, 7) is 0. The number of hydrogen-bond donors (Lipinski definition) is 0. The third-order valence-corrected chi connectivity index (χ3v) is 12.7. The Bertz CT molecular complexity index is 3280. The van der Waals surface area contributed by atoms with Crippen LogP contribution < -0.4 is 0 Å². The minimum Gasteiger partial charge on any atom is -0.0622 e. The third kappa shape index (κ3) is 7.76. The minimum atomic E-state index is 1.14. The summed E-state index contributed by atoms with van der Waals surface area (Å²) in [5.74, 6) is 0. The van der Waals surface area contributed by atoms with Crippen molar-refractivity contribution < 1.29 is 0 Å². The van der Waals surface area contributed by atoms with Crippen LogP contribution in [0.2, 0.25) is 0 Å². The zero-order valence-electron chi connectivity index (χ0n) is 36.6. The summed E-state index contributed by atoms with van der Waals surface area (Å²) in [5, 5.41) is 0. The highest BCUT2D eigenvalue weighted by molar-refractivity contribution is 6.10. The van der Waals surface area contributed by atoms with Gasteiger partial charge < -0.3 is 0 Å². The first-order chi connectivity index (χ1) is 32.8. The highest BCUT2D eigenvalue weighted by Crippen LogP contribution is 2.53. The largest absolute Gasteiger partial charge is 0.0622 e. The van der Waals surface area contributed by atoms with Gasteiger partial charge in [-0.2, -0.15) is 0 Å². The Balaban J connectivity index is 1.30. The predicted molar refractivity (Wildman–Crippen MR) is 281 cm³/mol. The van der Waals surface area contributed by atoms with E-state index in [0.717, 1.165) is 11.1 Å². The molecular weight excluding hydrogens is 793 g/mol. The van der Waals surface area contributed by atoms with Crippen molar-refractivity contribution in [1.29, 1.82) is 0 Å². The molecule has 11 aromatic rings. The molecule has 0 fully saturated rings. The summed E-state index contributed by atoms with van der Waals surface area (Å²) in [7, 11) is 0. The van der Waals surface area contributed by atoms with Crippen molar-refractivity contribution in [2.24, 2.45) is 0 Å². The molecule has 0 aliphatic heterocycles. The summed E-state index contributed by atoms with van der Waals surface area (Å²) >= 11 is 0. The van der Waals surface area contributed by atoms with Gasteiger partial charge in [0.2, 0.25) is 0 Å². The molecule has 66 heavy (non-hydrogen) atoms. The average molecular weight is 839 g/mol. The fraction of sp³-hybridized carbons (Fsp3) is 0. The minimum absolute atomic E-state index is 1.14. The summed E-state index contributed by atoms with van der Waals surface area (Å²) < 4.78 is 0. The van der Waals surface area contributed by atoms with Crippen LogP contribution in [0.1, 0.15) is 0 Å². The molecule has 0 bridgehead atoms. The maximum absolute atomic E-state index is 2.46. The lowest BCUT2D eigenvalue weighted by atomic mass is 9.77. The lowest BCUT2D eigenvalue weighted by Gasteiger charge is -2.26. The molecule has 0 amide bonds. The fourth-order valence-corrected chi connectivity index (χ4v) is 9.77. The van der Waals surface area contributed by atoms with E-state index in [-0.39, 0.29) is 0 Å². The van der Waals surface area contributed by atoms with Gasteiger partial charge in [0.15, 0.2) is 0 Å². The first-order valence-electron chi connectivity index (χ1n) is 22.8. The summed E-state index contributed by atoms with van der Waals surface area (Å²) in [6.07, 6.45) is 0. The molecule has 0 heteroatoms. The molecule has 0 aliphatic rings. The quantitative estimate of drug-likeness (QED) is 0.129. The Kier molecular flexibility index (Phi) is 11.1. The molecule has 0 unspecified atom stereocenters. The van der Waals surface area contributed by atoms with E-state index in [1.54, 1.807) is 0 Å². The molecule has 0 aromatic heterocycles. The Morgan fingerprint density at radius 2 is 0.318 bits per heavy atom. The van der Waals surface area contributed by atoms with Gasteiger partial charge in [0, 0.05) is 0 Å². The molecule has 0 N–H and O–H groups in total. The lowest BCUT2D eigenvalue weighted by Crippen LogP contribution is -1.99. The molecule has 310 valence electrons. The normalized spacial score (nSPS) is 11.0. The fourth-order valence-electron chi connectivity index (χ4n) is 9.77. The molecule has 0 spiro atoms.